The third-order valence-electron chi connectivity index (χ3n) is 6.67. The SMILES string of the molecule is O=C(NCCCCCc1nc2ccccc2n1CCCOc1cccc2ccccc12)c1ccccc1. The lowest BCUT2D eigenvalue weighted by Crippen LogP contribution is -2.24. The number of rotatable bonds is 12. The summed E-state index contributed by atoms with van der Waals surface area (Å²) in [5.74, 6) is 2.06. The van der Waals surface area contributed by atoms with Crippen molar-refractivity contribution in [1.29, 1.82) is 0 Å². The highest BCUT2D eigenvalue weighted by Gasteiger charge is 2.11. The predicted octanol–water partition coefficient (Wildman–Crippen LogP) is 6.80. The molecule has 1 N–H and O–H groups in total. The van der Waals surface area contributed by atoms with Crippen LogP contribution in [0.4, 0.5) is 0 Å². The van der Waals surface area contributed by atoms with E-state index in [-0.39, 0.29) is 5.91 Å². The van der Waals surface area contributed by atoms with Gasteiger partial charge in [0.15, 0.2) is 0 Å². The predicted molar refractivity (Wildman–Crippen MR) is 150 cm³/mol. The monoisotopic (exact) mass is 491 g/mol. The molecule has 0 fully saturated rings. The molecule has 5 nitrogen and oxygen atoms in total. The molecule has 37 heavy (non-hydrogen) atoms. The number of unbranched alkanes of at least 4 members (excludes halogenated alkanes) is 2. The van der Waals surface area contributed by atoms with E-state index in [1.165, 1.54) is 10.9 Å². The lowest BCUT2D eigenvalue weighted by atomic mass is 10.1. The maximum atomic E-state index is 12.2. The minimum Gasteiger partial charge on any atom is -0.493 e. The van der Waals surface area contributed by atoms with Crippen molar-refractivity contribution in [3.63, 3.8) is 0 Å². The van der Waals surface area contributed by atoms with Crippen molar-refractivity contribution < 1.29 is 9.53 Å². The Bertz CT molecular complexity index is 1450. The van der Waals surface area contributed by atoms with Gasteiger partial charge in [-0.05, 0) is 55.0 Å². The van der Waals surface area contributed by atoms with Gasteiger partial charge in [-0.3, -0.25) is 4.79 Å². The zero-order valence-electron chi connectivity index (χ0n) is 21.1. The van der Waals surface area contributed by atoms with Crippen molar-refractivity contribution in [2.75, 3.05) is 13.2 Å². The molecule has 0 saturated heterocycles. The number of aromatic nitrogens is 2. The van der Waals surface area contributed by atoms with Gasteiger partial charge in [0.2, 0.25) is 0 Å². The van der Waals surface area contributed by atoms with Gasteiger partial charge >= 0.3 is 0 Å². The number of amides is 1. The zero-order chi connectivity index (χ0) is 25.3. The average molecular weight is 492 g/mol. The molecule has 5 rings (SSSR count). The highest BCUT2D eigenvalue weighted by molar-refractivity contribution is 5.94. The van der Waals surface area contributed by atoms with Crippen LogP contribution in [0.5, 0.6) is 5.75 Å². The average Bonchev–Trinajstić information content (AvgIpc) is 3.30. The van der Waals surface area contributed by atoms with Crippen LogP contribution in [0.15, 0.2) is 97.1 Å². The number of hydrogen-bond donors (Lipinski definition) is 1. The van der Waals surface area contributed by atoms with E-state index in [0.717, 1.165) is 61.1 Å². The number of carbonyl (C=O) groups is 1. The largest absolute Gasteiger partial charge is 0.493 e. The van der Waals surface area contributed by atoms with Crippen LogP contribution in [0, 0.1) is 0 Å². The van der Waals surface area contributed by atoms with Crippen LogP contribution < -0.4 is 10.1 Å². The minimum absolute atomic E-state index is 0.00638. The molecule has 0 spiro atoms. The topological polar surface area (TPSA) is 56.2 Å². The van der Waals surface area contributed by atoms with E-state index in [9.17, 15) is 4.79 Å². The van der Waals surface area contributed by atoms with Gasteiger partial charge in [0.25, 0.3) is 5.91 Å². The highest BCUT2D eigenvalue weighted by Crippen LogP contribution is 2.25. The van der Waals surface area contributed by atoms with Crippen molar-refractivity contribution >= 4 is 27.7 Å². The molecule has 0 saturated carbocycles. The normalized spacial score (nSPS) is 11.1. The number of benzene rings is 4. The van der Waals surface area contributed by atoms with Crippen LogP contribution in [0.3, 0.4) is 0 Å². The molecular formula is C32H33N3O2. The number of fused-ring (bicyclic) bond motifs is 2. The Morgan fingerprint density at radius 3 is 2.49 bits per heavy atom. The van der Waals surface area contributed by atoms with Gasteiger partial charge < -0.3 is 14.6 Å². The maximum Gasteiger partial charge on any atom is 0.251 e. The van der Waals surface area contributed by atoms with E-state index in [1.807, 2.05) is 48.5 Å². The van der Waals surface area contributed by atoms with Gasteiger partial charge in [-0.15, -0.1) is 0 Å². The van der Waals surface area contributed by atoms with E-state index in [0.29, 0.717) is 18.7 Å². The first-order valence-corrected chi connectivity index (χ1v) is 13.2. The number of nitrogens with zero attached hydrogens (tertiary/aromatic N) is 2. The summed E-state index contributed by atoms with van der Waals surface area (Å²) in [5, 5.41) is 5.36. The summed E-state index contributed by atoms with van der Waals surface area (Å²) in [4.78, 5) is 17.1. The fourth-order valence-corrected chi connectivity index (χ4v) is 4.77. The molecule has 0 radical (unpaired) electrons. The molecule has 0 aliphatic rings. The number of ether oxygens (including phenoxy) is 1. The number of aryl methyl sites for hydroxylation is 2. The lowest BCUT2D eigenvalue weighted by Gasteiger charge is -2.12. The van der Waals surface area contributed by atoms with Crippen LogP contribution in [0.25, 0.3) is 21.8 Å². The van der Waals surface area contributed by atoms with E-state index in [2.05, 4.69) is 58.4 Å². The Balaban J connectivity index is 1.12. The van der Waals surface area contributed by atoms with E-state index in [1.54, 1.807) is 0 Å². The Labute approximate surface area is 218 Å². The zero-order valence-corrected chi connectivity index (χ0v) is 21.1. The summed E-state index contributed by atoms with van der Waals surface area (Å²) in [6.45, 7) is 2.21. The first-order valence-electron chi connectivity index (χ1n) is 13.2. The van der Waals surface area contributed by atoms with Crippen LogP contribution in [-0.2, 0) is 13.0 Å². The molecule has 0 bridgehead atoms. The van der Waals surface area contributed by atoms with Gasteiger partial charge in [0, 0.05) is 30.5 Å². The molecule has 1 heterocycles. The van der Waals surface area contributed by atoms with Crippen molar-refractivity contribution in [3.05, 3.63) is 108 Å². The fourth-order valence-electron chi connectivity index (χ4n) is 4.77. The molecule has 0 aliphatic carbocycles. The van der Waals surface area contributed by atoms with Gasteiger partial charge in [0.1, 0.15) is 11.6 Å². The molecule has 4 aromatic carbocycles. The van der Waals surface area contributed by atoms with Gasteiger partial charge in [-0.25, -0.2) is 4.98 Å². The second-order valence-corrected chi connectivity index (χ2v) is 9.28. The van der Waals surface area contributed by atoms with Crippen LogP contribution in [0.2, 0.25) is 0 Å². The minimum atomic E-state index is -0.00638. The van der Waals surface area contributed by atoms with Crippen molar-refractivity contribution in [3.8, 4) is 5.75 Å². The Hall–Kier alpha value is -4.12. The lowest BCUT2D eigenvalue weighted by molar-refractivity contribution is 0.0953. The van der Waals surface area contributed by atoms with Crippen LogP contribution >= 0.6 is 0 Å². The van der Waals surface area contributed by atoms with E-state index in [4.69, 9.17) is 9.72 Å². The summed E-state index contributed by atoms with van der Waals surface area (Å²) in [5.41, 5.74) is 2.93. The first kappa shape index (κ1) is 24.6. The number of nitrogens with one attached hydrogen (secondary N) is 1. The Kier molecular flexibility index (Phi) is 8.11. The molecule has 5 heteroatoms. The molecule has 188 valence electrons. The molecule has 1 amide bonds. The van der Waals surface area contributed by atoms with Crippen LogP contribution in [0.1, 0.15) is 41.9 Å². The third kappa shape index (κ3) is 6.18. The molecule has 5 aromatic rings. The summed E-state index contributed by atoms with van der Waals surface area (Å²) in [7, 11) is 0. The number of imidazole rings is 1. The summed E-state index contributed by atoms with van der Waals surface area (Å²) in [6, 6.07) is 32.3. The molecular weight excluding hydrogens is 458 g/mol. The molecule has 0 atom stereocenters. The maximum absolute atomic E-state index is 12.2. The highest BCUT2D eigenvalue weighted by atomic mass is 16.5. The van der Waals surface area contributed by atoms with Gasteiger partial charge in [0.05, 0.1) is 17.6 Å². The number of para-hydroxylation sites is 2. The molecule has 1 aromatic heterocycles. The quantitative estimate of drug-likeness (QED) is 0.195. The van der Waals surface area contributed by atoms with E-state index < -0.39 is 0 Å². The summed E-state index contributed by atoms with van der Waals surface area (Å²) >= 11 is 0. The fraction of sp³-hybridized carbons (Fsp3) is 0.250. The first-order chi connectivity index (χ1) is 18.3. The second kappa shape index (κ2) is 12.2. The Morgan fingerprint density at radius 1 is 0.784 bits per heavy atom. The van der Waals surface area contributed by atoms with Gasteiger partial charge in [-0.2, -0.15) is 0 Å². The second-order valence-electron chi connectivity index (χ2n) is 9.28. The third-order valence-corrected chi connectivity index (χ3v) is 6.67. The van der Waals surface area contributed by atoms with E-state index >= 15 is 0 Å². The number of carbonyl (C=O) groups excluding carboxylic acids is 1. The number of hydrogen-bond acceptors (Lipinski definition) is 3. The smallest absolute Gasteiger partial charge is 0.251 e. The molecule has 0 aliphatic heterocycles. The molecule has 0 unspecified atom stereocenters. The summed E-state index contributed by atoms with van der Waals surface area (Å²) in [6.07, 6.45) is 4.87. The standard InChI is InChI=1S/C32H33N3O2/c36-32(26-14-3-1-4-15-26)33-22-10-2-5-21-31-34-28-18-8-9-19-29(28)35(31)23-12-24-37-30-20-11-16-25-13-6-7-17-27(25)30/h1,3-4,6-9,11,13-20H,2,5,10,12,21-24H2,(H,33,36). The Morgan fingerprint density at radius 2 is 1.57 bits per heavy atom. The van der Waals surface area contributed by atoms with Gasteiger partial charge in [-0.1, -0.05) is 73.2 Å². The summed E-state index contributed by atoms with van der Waals surface area (Å²) < 4.78 is 8.52. The van der Waals surface area contributed by atoms with Crippen molar-refractivity contribution in [2.24, 2.45) is 0 Å². The van der Waals surface area contributed by atoms with Crippen LogP contribution in [-0.4, -0.2) is 28.6 Å². The van der Waals surface area contributed by atoms with Crippen molar-refractivity contribution in [1.82, 2.24) is 14.9 Å². The van der Waals surface area contributed by atoms with Crippen molar-refractivity contribution in [2.45, 2.75) is 38.6 Å².